The molecule has 13 heteroatoms. The number of hydrogen-bond acceptors (Lipinski definition) is 10. The molecule has 1 aliphatic rings. The van der Waals surface area contributed by atoms with Crippen LogP contribution < -0.4 is 16.4 Å². The molecule has 4 N–H and O–H groups in total. The number of nitrogen functional groups attached to an aromatic ring is 2. The van der Waals surface area contributed by atoms with Crippen LogP contribution in [0.25, 0.3) is 31.5 Å². The van der Waals surface area contributed by atoms with Gasteiger partial charge in [-0.15, -0.1) is 22.7 Å². The Morgan fingerprint density at radius 1 is 1.06 bits per heavy atom. The van der Waals surface area contributed by atoms with E-state index in [1.807, 2.05) is 4.90 Å². The number of rotatable bonds is 3. The number of hydrogen-bond donors (Lipinski definition) is 2. The zero-order chi connectivity index (χ0) is 22.5. The average molecular weight is 480 g/mol. The second-order valence-corrected chi connectivity index (χ2v) is 8.92. The van der Waals surface area contributed by atoms with Gasteiger partial charge in [-0.3, -0.25) is 0 Å². The number of nitrogens with zero attached hydrogens (tertiary/aromatic N) is 5. The quantitative estimate of drug-likeness (QED) is 0.455. The number of ether oxygens (including phenoxy) is 1. The Balaban J connectivity index is 1.69. The Hall–Kier alpha value is -3.03. The van der Waals surface area contributed by atoms with Gasteiger partial charge in [0.05, 0.1) is 39.9 Å². The fraction of sp³-hybridized carbons (Fsp3) is 0.263. The van der Waals surface area contributed by atoms with E-state index in [0.29, 0.717) is 37.1 Å². The molecule has 0 spiro atoms. The van der Waals surface area contributed by atoms with Gasteiger partial charge >= 0.3 is 6.18 Å². The fourth-order valence-electron chi connectivity index (χ4n) is 3.45. The minimum absolute atomic E-state index is 0.0448. The highest BCUT2D eigenvalue weighted by Crippen LogP contribution is 2.46. The third-order valence-electron chi connectivity index (χ3n) is 4.92. The normalized spacial score (nSPS) is 14.9. The molecule has 0 atom stereocenters. The van der Waals surface area contributed by atoms with Gasteiger partial charge in [-0.25, -0.2) is 4.98 Å². The maximum Gasteiger partial charge on any atom is 0.417 e. The fourth-order valence-corrected chi connectivity index (χ4v) is 5.19. The Kier molecular flexibility index (Phi) is 5.10. The van der Waals surface area contributed by atoms with Gasteiger partial charge in [0.2, 0.25) is 11.9 Å². The van der Waals surface area contributed by atoms with E-state index in [9.17, 15) is 13.2 Å². The van der Waals surface area contributed by atoms with Crippen LogP contribution >= 0.6 is 22.7 Å². The number of thiophene rings is 2. The van der Waals surface area contributed by atoms with Crippen LogP contribution in [0.3, 0.4) is 0 Å². The highest BCUT2D eigenvalue weighted by atomic mass is 32.1. The standard InChI is InChI=1S/C19H16F3N7OS2/c20-19(21,22)9-8-10(11-2-1-7-31-11)25-16-12(9)13(23)14(32-16)15-26-17(24)28-18(27-15)29-3-5-30-6-4-29/h1-2,7-8H,3-6,23H2,(H2,24,26,27,28). The number of anilines is 3. The summed E-state index contributed by atoms with van der Waals surface area (Å²) in [6, 6.07) is 4.51. The molecular weight excluding hydrogens is 463 g/mol. The van der Waals surface area contributed by atoms with Crippen molar-refractivity contribution in [3.8, 4) is 21.3 Å². The number of alkyl halides is 3. The lowest BCUT2D eigenvalue weighted by molar-refractivity contribution is -0.136. The van der Waals surface area contributed by atoms with E-state index < -0.39 is 11.7 Å². The lowest BCUT2D eigenvalue weighted by Crippen LogP contribution is -2.37. The molecule has 32 heavy (non-hydrogen) atoms. The summed E-state index contributed by atoms with van der Waals surface area (Å²) < 4.78 is 47.2. The zero-order valence-corrected chi connectivity index (χ0v) is 18.0. The maximum absolute atomic E-state index is 13.9. The van der Waals surface area contributed by atoms with Gasteiger partial charge in [0.15, 0.2) is 5.82 Å². The summed E-state index contributed by atoms with van der Waals surface area (Å²) in [6.07, 6.45) is -4.61. The minimum Gasteiger partial charge on any atom is -0.397 e. The number of nitrogens with two attached hydrogens (primary N) is 2. The van der Waals surface area contributed by atoms with Gasteiger partial charge in [-0.2, -0.15) is 28.1 Å². The average Bonchev–Trinajstić information content (AvgIpc) is 3.41. The SMILES string of the molecule is Nc1nc(-c2sc3nc(-c4cccs4)cc(C(F)(F)F)c3c2N)nc(N2CCOCC2)n1. The first-order valence-corrected chi connectivity index (χ1v) is 11.2. The van der Waals surface area contributed by atoms with Crippen LogP contribution in [0.5, 0.6) is 0 Å². The first-order valence-electron chi connectivity index (χ1n) is 9.50. The first-order chi connectivity index (χ1) is 15.3. The summed E-state index contributed by atoms with van der Waals surface area (Å²) in [5.41, 5.74) is 11.4. The Morgan fingerprint density at radius 2 is 1.84 bits per heavy atom. The highest BCUT2D eigenvalue weighted by molar-refractivity contribution is 7.22. The van der Waals surface area contributed by atoms with Crippen molar-refractivity contribution < 1.29 is 17.9 Å². The molecule has 0 aliphatic carbocycles. The van der Waals surface area contributed by atoms with Crippen molar-refractivity contribution in [1.29, 1.82) is 0 Å². The number of fused-ring (bicyclic) bond motifs is 1. The summed E-state index contributed by atoms with van der Waals surface area (Å²) in [5, 5.41) is 1.62. The molecule has 1 aliphatic heterocycles. The van der Waals surface area contributed by atoms with Gasteiger partial charge in [-0.05, 0) is 17.5 Å². The summed E-state index contributed by atoms with van der Waals surface area (Å²) in [5.74, 6) is 0.401. The van der Waals surface area contributed by atoms with Crippen molar-refractivity contribution in [2.45, 2.75) is 6.18 Å². The van der Waals surface area contributed by atoms with E-state index in [4.69, 9.17) is 16.2 Å². The van der Waals surface area contributed by atoms with Gasteiger partial charge in [0, 0.05) is 18.5 Å². The summed E-state index contributed by atoms with van der Waals surface area (Å²) in [4.78, 5) is 20.1. The van der Waals surface area contributed by atoms with Gasteiger partial charge in [0.25, 0.3) is 0 Å². The summed E-state index contributed by atoms with van der Waals surface area (Å²) >= 11 is 2.31. The molecular formula is C19H16F3N7OS2. The van der Waals surface area contributed by atoms with E-state index in [0.717, 1.165) is 17.4 Å². The lowest BCUT2D eigenvalue weighted by atomic mass is 10.1. The Bertz CT molecular complexity index is 1280. The number of morpholine rings is 1. The largest absolute Gasteiger partial charge is 0.417 e. The minimum atomic E-state index is -4.61. The second kappa shape index (κ2) is 7.83. The molecule has 0 saturated carbocycles. The van der Waals surface area contributed by atoms with E-state index in [1.54, 1.807) is 17.5 Å². The van der Waals surface area contributed by atoms with E-state index in [2.05, 4.69) is 19.9 Å². The first kappa shape index (κ1) is 20.8. The predicted octanol–water partition coefficient (Wildman–Crippen LogP) is 3.90. The Morgan fingerprint density at radius 3 is 2.53 bits per heavy atom. The smallest absolute Gasteiger partial charge is 0.397 e. The highest BCUT2D eigenvalue weighted by Gasteiger charge is 2.36. The van der Waals surface area contributed by atoms with Gasteiger partial charge in [0.1, 0.15) is 4.83 Å². The zero-order valence-electron chi connectivity index (χ0n) is 16.4. The number of pyridine rings is 1. The number of halogens is 3. The molecule has 0 amide bonds. The molecule has 1 fully saturated rings. The predicted molar refractivity (Wildman–Crippen MR) is 119 cm³/mol. The van der Waals surface area contributed by atoms with E-state index in [1.165, 1.54) is 11.3 Å². The van der Waals surface area contributed by atoms with Crippen LogP contribution in [0, 0.1) is 0 Å². The van der Waals surface area contributed by atoms with Crippen molar-refractivity contribution in [2.75, 3.05) is 42.7 Å². The summed E-state index contributed by atoms with van der Waals surface area (Å²) in [7, 11) is 0. The molecule has 0 bridgehead atoms. The molecule has 1 saturated heterocycles. The molecule has 0 radical (unpaired) electrons. The summed E-state index contributed by atoms with van der Waals surface area (Å²) in [6.45, 7) is 2.15. The second-order valence-electron chi connectivity index (χ2n) is 6.97. The van der Waals surface area contributed by atoms with Crippen molar-refractivity contribution in [2.24, 2.45) is 0 Å². The molecule has 5 rings (SSSR count). The van der Waals surface area contributed by atoms with Crippen molar-refractivity contribution in [3.05, 3.63) is 29.1 Å². The third kappa shape index (κ3) is 3.72. The molecule has 0 unspecified atom stereocenters. The van der Waals surface area contributed by atoms with Crippen LogP contribution in [0.1, 0.15) is 5.56 Å². The van der Waals surface area contributed by atoms with Crippen LogP contribution in [-0.2, 0) is 10.9 Å². The molecule has 4 aromatic heterocycles. The van der Waals surface area contributed by atoms with Crippen LogP contribution in [0.4, 0.5) is 30.8 Å². The topological polar surface area (TPSA) is 116 Å². The van der Waals surface area contributed by atoms with Crippen molar-refractivity contribution in [1.82, 2.24) is 19.9 Å². The van der Waals surface area contributed by atoms with E-state index >= 15 is 0 Å². The lowest BCUT2D eigenvalue weighted by Gasteiger charge is -2.26. The monoisotopic (exact) mass is 479 g/mol. The van der Waals surface area contributed by atoms with E-state index in [-0.39, 0.29) is 38.2 Å². The van der Waals surface area contributed by atoms with Crippen LogP contribution in [0.15, 0.2) is 23.6 Å². The molecule has 0 aromatic carbocycles. The van der Waals surface area contributed by atoms with Gasteiger partial charge in [-0.1, -0.05) is 6.07 Å². The van der Waals surface area contributed by atoms with Gasteiger partial charge < -0.3 is 21.1 Å². The van der Waals surface area contributed by atoms with Crippen LogP contribution in [0.2, 0.25) is 0 Å². The molecule has 166 valence electrons. The van der Waals surface area contributed by atoms with Crippen molar-refractivity contribution >= 4 is 50.5 Å². The maximum atomic E-state index is 13.9. The number of aromatic nitrogens is 4. The van der Waals surface area contributed by atoms with Crippen LogP contribution in [-0.4, -0.2) is 46.2 Å². The molecule has 4 aromatic rings. The van der Waals surface area contributed by atoms with Crippen molar-refractivity contribution in [3.63, 3.8) is 0 Å². The molecule has 5 heterocycles. The Labute approximate surface area is 187 Å². The third-order valence-corrected chi connectivity index (χ3v) is 6.90. The molecule has 8 nitrogen and oxygen atoms in total.